The molecule has 74 valence electrons. The standard InChI is InChI=1S/C12H14FN/c1-3-12(2,14)8-7-10-5-4-6-11(13)9-10/h4-6,9H,3,14H2,1-2H3. The molecule has 0 aliphatic carbocycles. The predicted octanol–water partition coefficient (Wildman–Crippen LogP) is 2.30. The van der Waals surface area contributed by atoms with Gasteiger partial charge in [0.15, 0.2) is 0 Å². The van der Waals surface area contributed by atoms with Crippen molar-refractivity contribution >= 4 is 0 Å². The molecule has 0 saturated heterocycles. The van der Waals surface area contributed by atoms with E-state index in [4.69, 9.17) is 5.73 Å². The van der Waals surface area contributed by atoms with Gasteiger partial charge in [-0.15, -0.1) is 0 Å². The number of benzene rings is 1. The third-order valence-corrected chi connectivity index (χ3v) is 2.05. The zero-order valence-corrected chi connectivity index (χ0v) is 8.47. The van der Waals surface area contributed by atoms with Crippen LogP contribution < -0.4 is 5.73 Å². The van der Waals surface area contributed by atoms with Gasteiger partial charge in [-0.1, -0.05) is 24.8 Å². The molecule has 1 aromatic rings. The highest BCUT2D eigenvalue weighted by Crippen LogP contribution is 2.05. The number of hydrogen-bond donors (Lipinski definition) is 1. The van der Waals surface area contributed by atoms with E-state index in [1.54, 1.807) is 12.1 Å². The second-order valence-electron chi connectivity index (χ2n) is 3.53. The first-order chi connectivity index (χ1) is 6.53. The van der Waals surface area contributed by atoms with E-state index in [0.717, 1.165) is 6.42 Å². The first-order valence-corrected chi connectivity index (χ1v) is 4.61. The Bertz CT molecular complexity index is 371. The molecule has 0 amide bonds. The molecule has 0 aliphatic rings. The predicted molar refractivity (Wildman–Crippen MR) is 56.2 cm³/mol. The summed E-state index contributed by atoms with van der Waals surface area (Å²) in [6.07, 6.45) is 0.773. The van der Waals surface area contributed by atoms with Crippen LogP contribution in [0.15, 0.2) is 24.3 Å². The lowest BCUT2D eigenvalue weighted by molar-refractivity contribution is 0.586. The molecule has 1 unspecified atom stereocenters. The molecule has 0 aromatic heterocycles. The van der Waals surface area contributed by atoms with E-state index in [1.165, 1.54) is 12.1 Å². The third-order valence-electron chi connectivity index (χ3n) is 2.05. The Balaban J connectivity index is 2.88. The van der Waals surface area contributed by atoms with Crippen LogP contribution in [0.2, 0.25) is 0 Å². The van der Waals surface area contributed by atoms with Gasteiger partial charge in [0.05, 0.1) is 5.54 Å². The van der Waals surface area contributed by atoms with Crippen molar-refractivity contribution in [3.8, 4) is 11.8 Å². The summed E-state index contributed by atoms with van der Waals surface area (Å²) in [5.74, 6) is 5.50. The molecular weight excluding hydrogens is 177 g/mol. The molecule has 14 heavy (non-hydrogen) atoms. The lowest BCUT2D eigenvalue weighted by Crippen LogP contribution is -2.32. The SMILES string of the molecule is CCC(C)(N)C#Cc1cccc(F)c1. The topological polar surface area (TPSA) is 26.0 Å². The minimum Gasteiger partial charge on any atom is -0.315 e. The zero-order chi connectivity index (χ0) is 10.6. The van der Waals surface area contributed by atoms with Crippen molar-refractivity contribution in [3.63, 3.8) is 0 Å². The Morgan fingerprint density at radius 3 is 2.79 bits per heavy atom. The van der Waals surface area contributed by atoms with Crippen molar-refractivity contribution < 1.29 is 4.39 Å². The van der Waals surface area contributed by atoms with Crippen LogP contribution in [0.5, 0.6) is 0 Å². The van der Waals surface area contributed by atoms with E-state index < -0.39 is 5.54 Å². The van der Waals surface area contributed by atoms with Crippen molar-refractivity contribution in [2.75, 3.05) is 0 Å². The minimum atomic E-state index is -0.494. The average molecular weight is 191 g/mol. The van der Waals surface area contributed by atoms with Crippen LogP contribution in [0.3, 0.4) is 0 Å². The van der Waals surface area contributed by atoms with Gasteiger partial charge in [-0.25, -0.2) is 4.39 Å². The molecule has 0 bridgehead atoms. The fraction of sp³-hybridized carbons (Fsp3) is 0.333. The highest BCUT2D eigenvalue weighted by atomic mass is 19.1. The maximum absolute atomic E-state index is 12.8. The van der Waals surface area contributed by atoms with Crippen LogP contribution in [-0.4, -0.2) is 5.54 Å². The molecule has 0 radical (unpaired) electrons. The number of hydrogen-bond acceptors (Lipinski definition) is 1. The normalized spacial score (nSPS) is 14.0. The van der Waals surface area contributed by atoms with E-state index >= 15 is 0 Å². The molecule has 1 rings (SSSR count). The fourth-order valence-electron chi connectivity index (χ4n) is 0.870. The van der Waals surface area contributed by atoms with Gasteiger partial charge in [0, 0.05) is 5.56 Å². The average Bonchev–Trinajstić information content (AvgIpc) is 2.15. The second-order valence-corrected chi connectivity index (χ2v) is 3.53. The zero-order valence-electron chi connectivity index (χ0n) is 8.47. The lowest BCUT2D eigenvalue weighted by Gasteiger charge is -2.13. The quantitative estimate of drug-likeness (QED) is 0.677. The van der Waals surface area contributed by atoms with Gasteiger partial charge in [0.2, 0.25) is 0 Å². The number of nitrogens with two attached hydrogens (primary N) is 1. The third kappa shape index (κ3) is 3.20. The molecular formula is C12H14FN. The maximum atomic E-state index is 12.8. The maximum Gasteiger partial charge on any atom is 0.124 e. The van der Waals surface area contributed by atoms with Gasteiger partial charge in [-0.05, 0) is 31.5 Å². The van der Waals surface area contributed by atoms with Crippen LogP contribution in [-0.2, 0) is 0 Å². The Kier molecular flexibility index (Phi) is 3.27. The van der Waals surface area contributed by atoms with Crippen molar-refractivity contribution in [1.82, 2.24) is 0 Å². The molecule has 0 fully saturated rings. The Morgan fingerprint density at radius 1 is 1.50 bits per heavy atom. The molecule has 0 aliphatic heterocycles. The molecule has 1 nitrogen and oxygen atoms in total. The Labute approximate surface area is 84.1 Å². The summed E-state index contributed by atoms with van der Waals surface area (Å²) in [7, 11) is 0. The fourth-order valence-corrected chi connectivity index (χ4v) is 0.870. The summed E-state index contributed by atoms with van der Waals surface area (Å²) >= 11 is 0. The summed E-state index contributed by atoms with van der Waals surface area (Å²) in [4.78, 5) is 0. The van der Waals surface area contributed by atoms with Crippen LogP contribution in [0.1, 0.15) is 25.8 Å². The summed E-state index contributed by atoms with van der Waals surface area (Å²) in [5.41, 5.74) is 6.00. The molecule has 1 atom stereocenters. The smallest absolute Gasteiger partial charge is 0.124 e. The van der Waals surface area contributed by atoms with Crippen LogP contribution in [0.4, 0.5) is 4.39 Å². The van der Waals surface area contributed by atoms with Crippen molar-refractivity contribution in [2.45, 2.75) is 25.8 Å². The first-order valence-electron chi connectivity index (χ1n) is 4.61. The van der Waals surface area contributed by atoms with Crippen molar-refractivity contribution in [3.05, 3.63) is 35.6 Å². The van der Waals surface area contributed by atoms with E-state index in [1.807, 2.05) is 13.8 Å². The van der Waals surface area contributed by atoms with Gasteiger partial charge in [-0.2, -0.15) is 0 Å². The largest absolute Gasteiger partial charge is 0.315 e. The van der Waals surface area contributed by atoms with Crippen LogP contribution in [0.25, 0.3) is 0 Å². The lowest BCUT2D eigenvalue weighted by atomic mass is 10.0. The molecule has 0 spiro atoms. The molecule has 0 saturated carbocycles. The highest BCUT2D eigenvalue weighted by Gasteiger charge is 2.09. The van der Waals surface area contributed by atoms with Gasteiger partial charge >= 0.3 is 0 Å². The molecule has 2 heteroatoms. The van der Waals surface area contributed by atoms with Crippen molar-refractivity contribution in [1.29, 1.82) is 0 Å². The van der Waals surface area contributed by atoms with E-state index in [2.05, 4.69) is 11.8 Å². The Hall–Kier alpha value is -1.33. The van der Waals surface area contributed by atoms with E-state index in [0.29, 0.717) is 5.56 Å². The van der Waals surface area contributed by atoms with Crippen LogP contribution >= 0.6 is 0 Å². The highest BCUT2D eigenvalue weighted by molar-refractivity contribution is 5.36. The van der Waals surface area contributed by atoms with Gasteiger partial charge in [-0.3, -0.25) is 0 Å². The number of halogens is 1. The van der Waals surface area contributed by atoms with Crippen LogP contribution in [0, 0.1) is 17.7 Å². The minimum absolute atomic E-state index is 0.271. The van der Waals surface area contributed by atoms with E-state index in [9.17, 15) is 4.39 Å². The second kappa shape index (κ2) is 4.26. The Morgan fingerprint density at radius 2 is 2.21 bits per heavy atom. The number of rotatable bonds is 1. The summed E-state index contributed by atoms with van der Waals surface area (Å²) < 4.78 is 12.8. The summed E-state index contributed by atoms with van der Waals surface area (Å²) in [6.45, 7) is 3.83. The van der Waals surface area contributed by atoms with Gasteiger partial charge in [0.25, 0.3) is 0 Å². The van der Waals surface area contributed by atoms with Gasteiger partial charge < -0.3 is 5.73 Å². The first kappa shape index (κ1) is 10.7. The summed E-state index contributed by atoms with van der Waals surface area (Å²) in [6, 6.07) is 6.20. The monoisotopic (exact) mass is 191 g/mol. The molecule has 1 aromatic carbocycles. The molecule has 0 heterocycles. The molecule has 2 N–H and O–H groups in total. The van der Waals surface area contributed by atoms with E-state index in [-0.39, 0.29) is 5.82 Å². The van der Waals surface area contributed by atoms with Crippen molar-refractivity contribution in [2.24, 2.45) is 5.73 Å². The van der Waals surface area contributed by atoms with Gasteiger partial charge in [0.1, 0.15) is 5.82 Å². The summed E-state index contributed by atoms with van der Waals surface area (Å²) in [5, 5.41) is 0.